The van der Waals surface area contributed by atoms with E-state index in [0.717, 1.165) is 12.5 Å². The molecule has 1 atom stereocenters. The third kappa shape index (κ3) is 3.27. The van der Waals surface area contributed by atoms with Gasteiger partial charge in [0.25, 0.3) is 0 Å². The summed E-state index contributed by atoms with van der Waals surface area (Å²) in [6.45, 7) is 2.13. The monoisotopic (exact) mass is 339 g/mol. The van der Waals surface area contributed by atoms with Crippen molar-refractivity contribution in [3.05, 3.63) is 47.1 Å². The van der Waals surface area contributed by atoms with Gasteiger partial charge >= 0.3 is 6.18 Å². The molecule has 1 amide bonds. The fourth-order valence-electron chi connectivity index (χ4n) is 3.00. The zero-order chi connectivity index (χ0) is 17.3. The standard InChI is InChI=1S/C16H16F3N3O2/c1-10-20-15(21-24-10)13-7-4-8-22(13)14(23)9-11-5-2-3-6-12(11)16(17,18)19/h2-3,5-6,13H,4,7-9H2,1H3. The molecule has 1 aromatic carbocycles. The summed E-state index contributed by atoms with van der Waals surface area (Å²) in [5, 5.41) is 3.83. The van der Waals surface area contributed by atoms with Crippen LogP contribution in [0.5, 0.6) is 0 Å². The molecule has 0 aliphatic carbocycles. The number of alkyl halides is 3. The third-order valence-corrected chi connectivity index (χ3v) is 4.08. The third-order valence-electron chi connectivity index (χ3n) is 4.08. The van der Waals surface area contributed by atoms with E-state index in [9.17, 15) is 18.0 Å². The highest BCUT2D eigenvalue weighted by atomic mass is 19.4. The minimum Gasteiger partial charge on any atom is -0.340 e. The van der Waals surface area contributed by atoms with Gasteiger partial charge in [-0.25, -0.2) is 0 Å². The highest BCUT2D eigenvalue weighted by Crippen LogP contribution is 2.34. The van der Waals surface area contributed by atoms with Crippen LogP contribution in [0.15, 0.2) is 28.8 Å². The summed E-state index contributed by atoms with van der Waals surface area (Å²) in [6, 6.07) is 4.81. The summed E-state index contributed by atoms with van der Waals surface area (Å²) in [5.41, 5.74) is -0.797. The van der Waals surface area contributed by atoms with Crippen LogP contribution in [0.4, 0.5) is 13.2 Å². The van der Waals surface area contributed by atoms with Crippen molar-refractivity contribution >= 4 is 5.91 Å². The summed E-state index contributed by atoms with van der Waals surface area (Å²) in [7, 11) is 0. The summed E-state index contributed by atoms with van der Waals surface area (Å²) in [4.78, 5) is 18.2. The van der Waals surface area contributed by atoms with Crippen molar-refractivity contribution in [3.63, 3.8) is 0 Å². The largest absolute Gasteiger partial charge is 0.416 e. The number of nitrogens with zero attached hydrogens (tertiary/aromatic N) is 3. The lowest BCUT2D eigenvalue weighted by Gasteiger charge is -2.23. The second kappa shape index (κ2) is 6.26. The van der Waals surface area contributed by atoms with Crippen molar-refractivity contribution in [2.75, 3.05) is 6.54 Å². The minimum absolute atomic E-state index is 0.0232. The van der Waals surface area contributed by atoms with E-state index in [-0.39, 0.29) is 23.9 Å². The fourth-order valence-corrected chi connectivity index (χ4v) is 3.00. The van der Waals surface area contributed by atoms with Gasteiger partial charge in [-0.2, -0.15) is 18.2 Å². The first kappa shape index (κ1) is 16.5. The zero-order valence-electron chi connectivity index (χ0n) is 13.0. The SMILES string of the molecule is Cc1nc(C2CCCN2C(=O)Cc2ccccc2C(F)(F)F)no1. The molecule has 1 fully saturated rings. The van der Waals surface area contributed by atoms with Crippen LogP contribution in [-0.2, 0) is 17.4 Å². The Labute approximate surface area is 136 Å². The Bertz CT molecular complexity index is 742. The van der Waals surface area contributed by atoms with Crippen LogP contribution in [0.25, 0.3) is 0 Å². The molecule has 2 heterocycles. The van der Waals surface area contributed by atoms with E-state index in [1.54, 1.807) is 6.92 Å². The van der Waals surface area contributed by atoms with Gasteiger partial charge in [-0.1, -0.05) is 23.4 Å². The van der Waals surface area contributed by atoms with Gasteiger partial charge in [-0.3, -0.25) is 4.79 Å². The van der Waals surface area contributed by atoms with E-state index in [1.807, 2.05) is 0 Å². The van der Waals surface area contributed by atoms with Crippen LogP contribution in [0.1, 0.15) is 41.7 Å². The lowest BCUT2D eigenvalue weighted by atomic mass is 10.0. The van der Waals surface area contributed by atoms with E-state index in [0.29, 0.717) is 24.7 Å². The molecule has 1 unspecified atom stereocenters. The Balaban J connectivity index is 1.80. The molecule has 2 aromatic rings. The van der Waals surface area contributed by atoms with Crippen molar-refractivity contribution in [2.24, 2.45) is 0 Å². The first-order valence-electron chi connectivity index (χ1n) is 7.61. The molecule has 128 valence electrons. The number of likely N-dealkylation sites (tertiary alicyclic amines) is 1. The predicted octanol–water partition coefficient (Wildman–Crippen LogP) is 3.30. The molecule has 0 N–H and O–H groups in total. The molecule has 1 aliphatic rings. The smallest absolute Gasteiger partial charge is 0.340 e. The van der Waals surface area contributed by atoms with Crippen LogP contribution in [0.3, 0.4) is 0 Å². The Morgan fingerprint density at radius 2 is 2.12 bits per heavy atom. The second-order valence-corrected chi connectivity index (χ2v) is 5.75. The topological polar surface area (TPSA) is 59.2 Å². The number of rotatable bonds is 3. The summed E-state index contributed by atoms with van der Waals surface area (Å²) in [6.07, 6.45) is -3.36. The predicted molar refractivity (Wildman–Crippen MR) is 77.9 cm³/mol. The number of aromatic nitrogens is 2. The van der Waals surface area contributed by atoms with Gasteiger partial charge in [0, 0.05) is 13.5 Å². The van der Waals surface area contributed by atoms with Crippen LogP contribution >= 0.6 is 0 Å². The van der Waals surface area contributed by atoms with Gasteiger partial charge in [-0.05, 0) is 24.5 Å². The molecule has 0 radical (unpaired) electrons. The van der Waals surface area contributed by atoms with Crippen molar-refractivity contribution < 1.29 is 22.5 Å². The number of carbonyl (C=O) groups is 1. The summed E-state index contributed by atoms with van der Waals surface area (Å²) < 4.78 is 44.1. The maximum absolute atomic E-state index is 13.1. The average molecular weight is 339 g/mol. The van der Waals surface area contributed by atoms with Gasteiger partial charge < -0.3 is 9.42 Å². The molecule has 1 aliphatic heterocycles. The number of hydrogen-bond acceptors (Lipinski definition) is 4. The van der Waals surface area contributed by atoms with Gasteiger partial charge in [0.1, 0.15) is 0 Å². The van der Waals surface area contributed by atoms with Gasteiger partial charge in [0.2, 0.25) is 11.8 Å². The van der Waals surface area contributed by atoms with Gasteiger partial charge in [0.15, 0.2) is 5.82 Å². The number of aryl methyl sites for hydroxylation is 1. The lowest BCUT2D eigenvalue weighted by molar-refractivity contribution is -0.138. The first-order valence-corrected chi connectivity index (χ1v) is 7.61. The van der Waals surface area contributed by atoms with Gasteiger partial charge in [0.05, 0.1) is 18.0 Å². The highest BCUT2D eigenvalue weighted by Gasteiger charge is 2.36. The maximum atomic E-state index is 13.1. The molecule has 8 heteroatoms. The highest BCUT2D eigenvalue weighted by molar-refractivity contribution is 5.80. The molecule has 24 heavy (non-hydrogen) atoms. The van der Waals surface area contributed by atoms with Gasteiger partial charge in [-0.15, -0.1) is 0 Å². The van der Waals surface area contributed by atoms with Crippen LogP contribution in [-0.4, -0.2) is 27.5 Å². The normalized spacial score (nSPS) is 18.2. The molecule has 1 saturated heterocycles. The Kier molecular flexibility index (Phi) is 4.29. The zero-order valence-corrected chi connectivity index (χ0v) is 13.0. The van der Waals surface area contributed by atoms with E-state index >= 15 is 0 Å². The lowest BCUT2D eigenvalue weighted by Crippen LogP contribution is -2.32. The van der Waals surface area contributed by atoms with Crippen molar-refractivity contribution in [3.8, 4) is 0 Å². The molecule has 0 spiro atoms. The Morgan fingerprint density at radius 1 is 1.38 bits per heavy atom. The molecule has 3 rings (SSSR count). The van der Waals surface area contributed by atoms with Crippen LogP contribution in [0, 0.1) is 6.92 Å². The quantitative estimate of drug-likeness (QED) is 0.861. The van der Waals surface area contributed by atoms with Crippen LogP contribution < -0.4 is 0 Å². The second-order valence-electron chi connectivity index (χ2n) is 5.75. The van der Waals surface area contributed by atoms with Crippen LogP contribution in [0.2, 0.25) is 0 Å². The summed E-state index contributed by atoms with van der Waals surface area (Å²) >= 11 is 0. The molecule has 5 nitrogen and oxygen atoms in total. The fraction of sp³-hybridized carbons (Fsp3) is 0.438. The van der Waals surface area contributed by atoms with Crippen molar-refractivity contribution in [2.45, 2.75) is 38.4 Å². The number of benzene rings is 1. The van der Waals surface area contributed by atoms with E-state index in [4.69, 9.17) is 4.52 Å². The van der Waals surface area contributed by atoms with E-state index in [1.165, 1.54) is 23.1 Å². The summed E-state index contributed by atoms with van der Waals surface area (Å²) in [5.74, 6) is 0.436. The maximum Gasteiger partial charge on any atom is 0.416 e. The first-order chi connectivity index (χ1) is 11.4. The molecule has 0 bridgehead atoms. The van der Waals surface area contributed by atoms with Crippen molar-refractivity contribution in [1.82, 2.24) is 15.0 Å². The molecular formula is C16H16F3N3O2. The van der Waals surface area contributed by atoms with E-state index < -0.39 is 11.7 Å². The number of hydrogen-bond donors (Lipinski definition) is 0. The molecule has 0 saturated carbocycles. The number of amides is 1. The van der Waals surface area contributed by atoms with E-state index in [2.05, 4.69) is 10.1 Å². The number of halogens is 3. The average Bonchev–Trinajstić information content (AvgIpc) is 3.15. The van der Waals surface area contributed by atoms with Crippen molar-refractivity contribution in [1.29, 1.82) is 0 Å². The Hall–Kier alpha value is -2.38. The molecular weight excluding hydrogens is 323 g/mol. The minimum atomic E-state index is -4.48. The number of carbonyl (C=O) groups excluding carboxylic acids is 1. The molecule has 1 aromatic heterocycles. The Morgan fingerprint density at radius 3 is 2.79 bits per heavy atom.